The van der Waals surface area contributed by atoms with Gasteiger partial charge in [-0.2, -0.15) is 12.6 Å². The van der Waals surface area contributed by atoms with Crippen molar-refractivity contribution in [3.63, 3.8) is 0 Å². The molecule has 0 bridgehead atoms. The smallest absolute Gasteiger partial charge is 0.00694 e. The van der Waals surface area contributed by atoms with Gasteiger partial charge in [-0.1, -0.05) is 13.3 Å². The van der Waals surface area contributed by atoms with E-state index in [9.17, 15) is 0 Å². The lowest BCUT2D eigenvalue weighted by Crippen LogP contribution is -2.21. The lowest BCUT2D eigenvalue weighted by molar-refractivity contribution is 0.223. The summed E-state index contributed by atoms with van der Waals surface area (Å²) in [6.07, 6.45) is 8.95. The fourth-order valence-electron chi connectivity index (χ4n) is 3.47. The van der Waals surface area contributed by atoms with Crippen molar-refractivity contribution in [2.24, 2.45) is 23.7 Å². The highest BCUT2D eigenvalue weighted by atomic mass is 32.1. The summed E-state index contributed by atoms with van der Waals surface area (Å²) >= 11 is 4.44. The predicted octanol–water partition coefficient (Wildman–Crippen LogP) is 3.77. The van der Waals surface area contributed by atoms with Crippen LogP contribution in [0.25, 0.3) is 0 Å². The summed E-state index contributed by atoms with van der Waals surface area (Å²) < 4.78 is 0. The largest absolute Gasteiger partial charge is 0.179 e. The SMILES string of the molecule is CCC1CC2CCC(CS)CC2C1. The molecule has 2 aliphatic carbocycles. The summed E-state index contributed by atoms with van der Waals surface area (Å²) in [5, 5.41) is 0. The number of hydrogen-bond acceptors (Lipinski definition) is 1. The molecule has 0 N–H and O–H groups in total. The van der Waals surface area contributed by atoms with Gasteiger partial charge in [0, 0.05) is 0 Å². The minimum atomic E-state index is 0.945. The number of rotatable bonds is 2. The molecular formula is C12H22S. The third-order valence-corrected chi connectivity index (χ3v) is 4.87. The van der Waals surface area contributed by atoms with Gasteiger partial charge in [0.2, 0.25) is 0 Å². The fraction of sp³-hybridized carbons (Fsp3) is 1.00. The van der Waals surface area contributed by atoms with E-state index < -0.39 is 0 Å². The molecule has 2 rings (SSSR count). The number of hydrogen-bond donors (Lipinski definition) is 1. The van der Waals surface area contributed by atoms with Gasteiger partial charge < -0.3 is 0 Å². The lowest BCUT2D eigenvalue weighted by Gasteiger charge is -2.30. The van der Waals surface area contributed by atoms with Crippen LogP contribution < -0.4 is 0 Å². The Morgan fingerprint density at radius 3 is 2.38 bits per heavy atom. The minimum Gasteiger partial charge on any atom is -0.179 e. The molecule has 0 aromatic heterocycles. The van der Waals surface area contributed by atoms with Gasteiger partial charge in [-0.15, -0.1) is 0 Å². The van der Waals surface area contributed by atoms with Gasteiger partial charge in [0.05, 0.1) is 0 Å². The maximum absolute atomic E-state index is 4.44. The molecule has 0 radical (unpaired) electrons. The fourth-order valence-corrected chi connectivity index (χ4v) is 3.81. The van der Waals surface area contributed by atoms with E-state index in [1.54, 1.807) is 6.42 Å². The number of thiol groups is 1. The van der Waals surface area contributed by atoms with E-state index in [-0.39, 0.29) is 0 Å². The summed E-state index contributed by atoms with van der Waals surface area (Å²) in [4.78, 5) is 0. The van der Waals surface area contributed by atoms with Gasteiger partial charge in [0.1, 0.15) is 0 Å². The van der Waals surface area contributed by atoms with Crippen LogP contribution in [0.1, 0.15) is 45.4 Å². The summed E-state index contributed by atoms with van der Waals surface area (Å²) in [5.74, 6) is 5.31. The van der Waals surface area contributed by atoms with E-state index in [0.717, 1.165) is 29.4 Å². The van der Waals surface area contributed by atoms with Crippen LogP contribution >= 0.6 is 12.6 Å². The molecule has 1 heteroatoms. The Hall–Kier alpha value is 0.350. The van der Waals surface area contributed by atoms with Crippen LogP contribution in [0.4, 0.5) is 0 Å². The zero-order valence-electron chi connectivity index (χ0n) is 8.71. The van der Waals surface area contributed by atoms with E-state index in [1.807, 2.05) is 0 Å². The summed E-state index contributed by atoms with van der Waals surface area (Å²) in [7, 11) is 0. The van der Waals surface area contributed by atoms with Gasteiger partial charge in [-0.05, 0) is 61.5 Å². The van der Waals surface area contributed by atoms with Crippen molar-refractivity contribution >= 4 is 12.6 Å². The maximum atomic E-state index is 4.44. The van der Waals surface area contributed by atoms with Crippen molar-refractivity contribution in [2.75, 3.05) is 5.75 Å². The Morgan fingerprint density at radius 1 is 1.00 bits per heavy atom. The monoisotopic (exact) mass is 198 g/mol. The normalized spacial score (nSPS) is 44.8. The Kier molecular flexibility index (Phi) is 3.23. The van der Waals surface area contributed by atoms with E-state index in [2.05, 4.69) is 19.6 Å². The first-order chi connectivity index (χ1) is 6.33. The minimum absolute atomic E-state index is 0.945. The molecule has 2 fully saturated rings. The average Bonchev–Trinajstić information content (AvgIpc) is 2.58. The second-order valence-electron chi connectivity index (χ2n) is 5.13. The third-order valence-electron chi connectivity index (χ3n) is 4.36. The Balaban J connectivity index is 1.90. The summed E-state index contributed by atoms with van der Waals surface area (Å²) in [6, 6.07) is 0. The molecule has 4 unspecified atom stereocenters. The Bertz CT molecular complexity index is 165. The van der Waals surface area contributed by atoms with Crippen LogP contribution in [0.3, 0.4) is 0 Å². The van der Waals surface area contributed by atoms with Crippen LogP contribution in [-0.4, -0.2) is 5.75 Å². The molecule has 4 atom stereocenters. The van der Waals surface area contributed by atoms with Crippen LogP contribution in [0.5, 0.6) is 0 Å². The second-order valence-corrected chi connectivity index (χ2v) is 5.49. The van der Waals surface area contributed by atoms with Gasteiger partial charge in [-0.25, -0.2) is 0 Å². The highest BCUT2D eigenvalue weighted by Gasteiger charge is 2.37. The molecule has 0 heterocycles. The predicted molar refractivity (Wildman–Crippen MR) is 61.2 cm³/mol. The zero-order valence-corrected chi connectivity index (χ0v) is 9.60. The van der Waals surface area contributed by atoms with Crippen LogP contribution in [-0.2, 0) is 0 Å². The molecule has 0 aromatic rings. The first-order valence-electron chi connectivity index (χ1n) is 5.94. The molecular weight excluding hydrogens is 176 g/mol. The van der Waals surface area contributed by atoms with Crippen molar-refractivity contribution in [3.8, 4) is 0 Å². The summed E-state index contributed by atoms with van der Waals surface area (Å²) in [6.45, 7) is 2.36. The molecule has 2 saturated carbocycles. The summed E-state index contributed by atoms with van der Waals surface area (Å²) in [5.41, 5.74) is 0. The molecule has 0 saturated heterocycles. The Labute approximate surface area is 87.9 Å². The molecule has 0 spiro atoms. The first kappa shape index (κ1) is 9.89. The standard InChI is InChI=1S/C12H22S/c1-2-9-5-11-4-3-10(8-13)7-12(11)6-9/h9-13H,2-8H2,1H3. The van der Waals surface area contributed by atoms with Crippen molar-refractivity contribution < 1.29 is 0 Å². The molecule has 0 amide bonds. The van der Waals surface area contributed by atoms with E-state index in [1.165, 1.54) is 32.1 Å². The van der Waals surface area contributed by atoms with E-state index in [4.69, 9.17) is 0 Å². The molecule has 0 aliphatic heterocycles. The van der Waals surface area contributed by atoms with E-state index >= 15 is 0 Å². The molecule has 13 heavy (non-hydrogen) atoms. The van der Waals surface area contributed by atoms with Crippen molar-refractivity contribution in [3.05, 3.63) is 0 Å². The first-order valence-corrected chi connectivity index (χ1v) is 6.57. The van der Waals surface area contributed by atoms with Gasteiger partial charge in [0.15, 0.2) is 0 Å². The number of fused-ring (bicyclic) bond motifs is 1. The van der Waals surface area contributed by atoms with Crippen molar-refractivity contribution in [1.82, 2.24) is 0 Å². The highest BCUT2D eigenvalue weighted by molar-refractivity contribution is 7.80. The van der Waals surface area contributed by atoms with Crippen molar-refractivity contribution in [1.29, 1.82) is 0 Å². The lowest BCUT2D eigenvalue weighted by atomic mass is 9.77. The van der Waals surface area contributed by atoms with Crippen molar-refractivity contribution in [2.45, 2.75) is 45.4 Å². The quantitative estimate of drug-likeness (QED) is 0.642. The van der Waals surface area contributed by atoms with Crippen LogP contribution in [0.2, 0.25) is 0 Å². The topological polar surface area (TPSA) is 0 Å². The average molecular weight is 198 g/mol. The van der Waals surface area contributed by atoms with E-state index in [0.29, 0.717) is 0 Å². The maximum Gasteiger partial charge on any atom is -0.00694 e. The van der Waals surface area contributed by atoms with Gasteiger partial charge in [-0.3, -0.25) is 0 Å². The van der Waals surface area contributed by atoms with Crippen LogP contribution in [0.15, 0.2) is 0 Å². The molecule has 2 aliphatic rings. The zero-order chi connectivity index (χ0) is 9.26. The second kappa shape index (κ2) is 4.25. The molecule has 76 valence electrons. The molecule has 0 aromatic carbocycles. The highest BCUT2D eigenvalue weighted by Crippen LogP contribution is 2.47. The molecule has 0 nitrogen and oxygen atoms in total. The van der Waals surface area contributed by atoms with Gasteiger partial charge in [0.25, 0.3) is 0 Å². The third kappa shape index (κ3) is 2.06. The van der Waals surface area contributed by atoms with Gasteiger partial charge >= 0.3 is 0 Å². The Morgan fingerprint density at radius 2 is 1.69 bits per heavy atom. The van der Waals surface area contributed by atoms with Crippen LogP contribution in [0, 0.1) is 23.7 Å².